The zero-order valence-electron chi connectivity index (χ0n) is 19.0. The van der Waals surface area contributed by atoms with Crippen molar-refractivity contribution in [1.82, 2.24) is 19.3 Å². The second-order valence-electron chi connectivity index (χ2n) is 8.12. The van der Waals surface area contributed by atoms with Gasteiger partial charge in [0.2, 0.25) is 0 Å². The monoisotopic (exact) mass is 445 g/mol. The summed E-state index contributed by atoms with van der Waals surface area (Å²) in [4.78, 5) is 31.1. The van der Waals surface area contributed by atoms with E-state index in [9.17, 15) is 9.59 Å². The molecule has 0 aliphatic heterocycles. The fourth-order valence-corrected chi connectivity index (χ4v) is 3.81. The van der Waals surface area contributed by atoms with Gasteiger partial charge >= 0.3 is 0 Å². The third-order valence-corrected chi connectivity index (χ3v) is 5.65. The van der Waals surface area contributed by atoms with Crippen molar-refractivity contribution in [3.05, 3.63) is 86.8 Å². The molecule has 0 spiro atoms. The van der Waals surface area contributed by atoms with E-state index < -0.39 is 5.91 Å². The number of methoxy groups -OCH3 is 1. The Kier molecular flexibility index (Phi) is 6.37. The molecule has 33 heavy (non-hydrogen) atoms. The van der Waals surface area contributed by atoms with Crippen LogP contribution in [-0.4, -0.2) is 40.1 Å². The second-order valence-corrected chi connectivity index (χ2v) is 8.12. The summed E-state index contributed by atoms with van der Waals surface area (Å²) in [6.45, 7) is 5.15. The molecule has 0 radical (unpaired) electrons. The van der Waals surface area contributed by atoms with E-state index in [2.05, 4.69) is 5.32 Å². The maximum atomic E-state index is 13.4. The lowest BCUT2D eigenvalue weighted by Gasteiger charge is -2.15. The Morgan fingerprint density at radius 3 is 2.64 bits per heavy atom. The highest BCUT2D eigenvalue weighted by molar-refractivity contribution is 5.96. The Morgan fingerprint density at radius 1 is 1.15 bits per heavy atom. The van der Waals surface area contributed by atoms with Crippen LogP contribution in [0.25, 0.3) is 16.7 Å². The van der Waals surface area contributed by atoms with Gasteiger partial charge < -0.3 is 14.6 Å². The van der Waals surface area contributed by atoms with Crippen molar-refractivity contribution in [3.8, 4) is 0 Å². The number of carbonyl (C=O) groups is 1. The van der Waals surface area contributed by atoms with Gasteiger partial charge in [0.05, 0.1) is 17.5 Å². The van der Waals surface area contributed by atoms with Crippen LogP contribution in [-0.2, 0) is 11.3 Å². The molecule has 0 aliphatic carbocycles. The summed E-state index contributed by atoms with van der Waals surface area (Å²) in [6, 6.07) is 13.1. The predicted molar refractivity (Wildman–Crippen MR) is 127 cm³/mol. The van der Waals surface area contributed by atoms with Crippen LogP contribution in [0, 0.1) is 19.3 Å². The van der Waals surface area contributed by atoms with E-state index in [-0.39, 0.29) is 16.6 Å². The minimum Gasteiger partial charge on any atom is -0.385 e. The molecule has 0 unspecified atom stereocenters. The van der Waals surface area contributed by atoms with Crippen LogP contribution in [0.1, 0.15) is 33.5 Å². The number of ether oxygens (including phenoxy) is 1. The molecule has 8 heteroatoms. The Morgan fingerprint density at radius 2 is 1.91 bits per heavy atom. The molecule has 0 saturated carbocycles. The van der Waals surface area contributed by atoms with E-state index in [4.69, 9.17) is 15.1 Å². The Hall–Kier alpha value is -3.78. The van der Waals surface area contributed by atoms with Gasteiger partial charge in [-0.2, -0.15) is 0 Å². The normalized spacial score (nSPS) is 11.2. The van der Waals surface area contributed by atoms with Crippen LogP contribution in [0.15, 0.2) is 53.5 Å². The second kappa shape index (κ2) is 9.38. The molecule has 1 aromatic carbocycles. The smallest absolute Gasteiger partial charge is 0.267 e. The maximum absolute atomic E-state index is 13.4. The molecule has 8 nitrogen and oxygen atoms in total. The van der Waals surface area contributed by atoms with E-state index in [1.165, 1.54) is 10.5 Å². The number of nitrogens with one attached hydrogen (secondary N) is 2. The van der Waals surface area contributed by atoms with Crippen molar-refractivity contribution in [2.45, 2.75) is 26.8 Å². The van der Waals surface area contributed by atoms with Gasteiger partial charge in [-0.05, 0) is 43.5 Å². The van der Waals surface area contributed by atoms with E-state index in [0.29, 0.717) is 42.8 Å². The maximum Gasteiger partial charge on any atom is 0.267 e. The van der Waals surface area contributed by atoms with Gasteiger partial charge in [-0.25, -0.2) is 4.98 Å². The number of rotatable bonds is 7. The summed E-state index contributed by atoms with van der Waals surface area (Å²) in [5.74, 6) is -0.399. The molecule has 170 valence electrons. The van der Waals surface area contributed by atoms with Gasteiger partial charge in [-0.15, -0.1) is 0 Å². The Labute approximate surface area is 191 Å². The summed E-state index contributed by atoms with van der Waals surface area (Å²) in [6.07, 6.45) is 2.32. The molecule has 0 bridgehead atoms. The van der Waals surface area contributed by atoms with Crippen LogP contribution in [0.2, 0.25) is 0 Å². The zero-order valence-corrected chi connectivity index (χ0v) is 19.0. The number of hydrogen-bond acceptors (Lipinski definition) is 5. The molecule has 0 atom stereocenters. The van der Waals surface area contributed by atoms with E-state index in [0.717, 1.165) is 16.7 Å². The summed E-state index contributed by atoms with van der Waals surface area (Å²) in [7, 11) is 1.60. The summed E-state index contributed by atoms with van der Waals surface area (Å²) < 4.78 is 8.15. The van der Waals surface area contributed by atoms with Gasteiger partial charge in [-0.1, -0.05) is 35.9 Å². The molecule has 2 N–H and O–H groups in total. The number of hydrogen-bond donors (Lipinski definition) is 2. The lowest BCUT2D eigenvalue weighted by Crippen LogP contribution is -2.35. The Bertz CT molecular complexity index is 1450. The number of pyridine rings is 2. The van der Waals surface area contributed by atoms with Crippen LogP contribution < -0.4 is 16.4 Å². The summed E-state index contributed by atoms with van der Waals surface area (Å²) in [5.41, 5.74) is 3.72. The highest BCUT2D eigenvalue weighted by Gasteiger charge is 2.18. The lowest BCUT2D eigenvalue weighted by atomic mass is 10.1. The van der Waals surface area contributed by atoms with Crippen molar-refractivity contribution in [3.63, 3.8) is 0 Å². The SMILES string of the molecule is COCCCNC(=O)c1cc2c(=O)n3cccc(C)c3nc2n(Cc2ccc(C)cc2)c1=N. The van der Waals surface area contributed by atoms with Gasteiger partial charge in [0.25, 0.3) is 11.5 Å². The van der Waals surface area contributed by atoms with Crippen LogP contribution in [0.5, 0.6) is 0 Å². The van der Waals surface area contributed by atoms with Gasteiger partial charge in [-0.3, -0.25) is 19.4 Å². The number of amides is 1. The lowest BCUT2D eigenvalue weighted by molar-refractivity contribution is 0.0946. The molecule has 0 aliphatic rings. The molecular weight excluding hydrogens is 418 g/mol. The number of carbonyl (C=O) groups excluding carboxylic acids is 1. The first-order valence-corrected chi connectivity index (χ1v) is 10.8. The van der Waals surface area contributed by atoms with Crippen LogP contribution in [0.4, 0.5) is 0 Å². The largest absolute Gasteiger partial charge is 0.385 e. The van der Waals surface area contributed by atoms with Crippen LogP contribution in [0.3, 0.4) is 0 Å². The highest BCUT2D eigenvalue weighted by Crippen LogP contribution is 2.14. The predicted octanol–water partition coefficient (Wildman–Crippen LogP) is 2.56. The van der Waals surface area contributed by atoms with Crippen molar-refractivity contribution < 1.29 is 9.53 Å². The molecule has 1 amide bonds. The number of aromatic nitrogens is 3. The number of fused-ring (bicyclic) bond motifs is 2. The fourth-order valence-electron chi connectivity index (χ4n) is 3.81. The number of nitrogens with zero attached hydrogens (tertiary/aromatic N) is 3. The molecule has 3 heterocycles. The molecule has 4 aromatic rings. The standard InChI is InChI=1S/C25H27N5O3/c1-16-7-9-18(10-8-16)15-30-21(26)19(24(31)27-11-5-13-33-3)14-20-23(30)28-22-17(2)6-4-12-29(22)25(20)32/h4,6-10,12,14,26H,5,11,13,15H2,1-3H3,(H,27,31). The molecule has 0 fully saturated rings. The van der Waals surface area contributed by atoms with E-state index >= 15 is 0 Å². The van der Waals surface area contributed by atoms with Gasteiger partial charge in [0, 0.05) is 26.5 Å². The highest BCUT2D eigenvalue weighted by atomic mass is 16.5. The molecular formula is C25H27N5O3. The number of benzene rings is 1. The van der Waals surface area contributed by atoms with Crippen molar-refractivity contribution >= 4 is 22.6 Å². The van der Waals surface area contributed by atoms with Gasteiger partial charge in [0.15, 0.2) is 0 Å². The number of aryl methyl sites for hydroxylation is 2. The first-order chi connectivity index (χ1) is 15.9. The first kappa shape index (κ1) is 22.4. The molecule has 0 saturated heterocycles. The minimum absolute atomic E-state index is 0.0113. The van der Waals surface area contributed by atoms with E-state index in [1.54, 1.807) is 23.9 Å². The van der Waals surface area contributed by atoms with Crippen molar-refractivity contribution in [2.24, 2.45) is 0 Å². The topological polar surface area (TPSA) is 101 Å². The summed E-state index contributed by atoms with van der Waals surface area (Å²) >= 11 is 0. The van der Waals surface area contributed by atoms with Crippen molar-refractivity contribution in [2.75, 3.05) is 20.3 Å². The first-order valence-electron chi connectivity index (χ1n) is 10.8. The minimum atomic E-state index is -0.399. The van der Waals surface area contributed by atoms with Gasteiger partial charge in [0.1, 0.15) is 16.8 Å². The third kappa shape index (κ3) is 4.42. The fraction of sp³-hybridized carbons (Fsp3) is 0.280. The average Bonchev–Trinajstić information content (AvgIpc) is 2.80. The molecule has 3 aromatic heterocycles. The third-order valence-electron chi connectivity index (χ3n) is 5.65. The molecule has 4 rings (SSSR count). The Balaban J connectivity index is 1.93. The quantitative estimate of drug-likeness (QED) is 0.337. The van der Waals surface area contributed by atoms with Crippen molar-refractivity contribution in [1.29, 1.82) is 5.41 Å². The zero-order chi connectivity index (χ0) is 23.5. The summed E-state index contributed by atoms with van der Waals surface area (Å²) in [5, 5.41) is 11.9. The van der Waals surface area contributed by atoms with E-state index in [1.807, 2.05) is 44.2 Å². The van der Waals surface area contributed by atoms with Crippen LogP contribution >= 0.6 is 0 Å². The average molecular weight is 446 g/mol.